The van der Waals surface area contributed by atoms with Gasteiger partial charge in [-0.3, -0.25) is 4.79 Å². The standard InChI is InChI=1S/C14H12FN3O2/c1-8-4-12(11(15)6-10(8)7-16)18-13(19)5-9(2)17(3)14(18)20/h4-6H,1-3H3. The number of aromatic nitrogens is 2. The second-order valence-electron chi connectivity index (χ2n) is 4.53. The Labute approximate surface area is 114 Å². The van der Waals surface area contributed by atoms with E-state index >= 15 is 0 Å². The van der Waals surface area contributed by atoms with Crippen LogP contribution in [0.1, 0.15) is 16.8 Å². The van der Waals surface area contributed by atoms with Crippen molar-refractivity contribution in [1.29, 1.82) is 5.26 Å². The summed E-state index contributed by atoms with van der Waals surface area (Å²) >= 11 is 0. The third-order valence-corrected chi connectivity index (χ3v) is 3.22. The molecule has 1 aromatic carbocycles. The van der Waals surface area contributed by atoms with E-state index in [-0.39, 0.29) is 11.3 Å². The van der Waals surface area contributed by atoms with Crippen LogP contribution in [0.25, 0.3) is 5.69 Å². The minimum atomic E-state index is -0.782. The first-order valence-electron chi connectivity index (χ1n) is 5.87. The minimum absolute atomic E-state index is 0.146. The lowest BCUT2D eigenvalue weighted by Gasteiger charge is -2.11. The van der Waals surface area contributed by atoms with Crippen molar-refractivity contribution in [3.8, 4) is 11.8 Å². The van der Waals surface area contributed by atoms with Crippen LogP contribution >= 0.6 is 0 Å². The molecule has 0 aliphatic rings. The molecule has 0 aliphatic carbocycles. The van der Waals surface area contributed by atoms with Gasteiger partial charge in [0.2, 0.25) is 0 Å². The van der Waals surface area contributed by atoms with E-state index in [0.29, 0.717) is 11.3 Å². The average Bonchev–Trinajstić information content (AvgIpc) is 2.39. The first-order valence-corrected chi connectivity index (χ1v) is 5.87. The predicted molar refractivity (Wildman–Crippen MR) is 71.4 cm³/mol. The molecule has 20 heavy (non-hydrogen) atoms. The van der Waals surface area contributed by atoms with Crippen molar-refractivity contribution in [2.45, 2.75) is 13.8 Å². The lowest BCUT2D eigenvalue weighted by molar-refractivity contribution is 0.603. The fourth-order valence-corrected chi connectivity index (χ4v) is 1.92. The molecule has 1 heterocycles. The second kappa shape index (κ2) is 4.78. The van der Waals surface area contributed by atoms with Crippen molar-refractivity contribution in [2.24, 2.45) is 7.05 Å². The molecule has 2 rings (SSSR count). The van der Waals surface area contributed by atoms with E-state index < -0.39 is 17.1 Å². The summed E-state index contributed by atoms with van der Waals surface area (Å²) in [5.74, 6) is -0.782. The molecule has 0 atom stereocenters. The first kappa shape index (κ1) is 13.7. The number of hydrogen-bond acceptors (Lipinski definition) is 3. The minimum Gasteiger partial charge on any atom is -0.301 e. The number of hydrogen-bond donors (Lipinski definition) is 0. The predicted octanol–water partition coefficient (Wildman–Crippen LogP) is 1.16. The van der Waals surface area contributed by atoms with Gasteiger partial charge in [0, 0.05) is 18.8 Å². The van der Waals surface area contributed by atoms with Crippen molar-refractivity contribution in [3.63, 3.8) is 0 Å². The van der Waals surface area contributed by atoms with Crippen molar-refractivity contribution >= 4 is 0 Å². The van der Waals surface area contributed by atoms with Gasteiger partial charge in [-0.1, -0.05) is 0 Å². The fourth-order valence-electron chi connectivity index (χ4n) is 1.92. The lowest BCUT2D eigenvalue weighted by Crippen LogP contribution is -2.38. The molecule has 0 aliphatic heterocycles. The van der Waals surface area contributed by atoms with Gasteiger partial charge >= 0.3 is 5.69 Å². The van der Waals surface area contributed by atoms with E-state index in [1.165, 1.54) is 23.7 Å². The summed E-state index contributed by atoms with van der Waals surface area (Å²) in [4.78, 5) is 24.1. The molecule has 5 nitrogen and oxygen atoms in total. The third-order valence-electron chi connectivity index (χ3n) is 3.22. The van der Waals surface area contributed by atoms with Gasteiger partial charge in [0.25, 0.3) is 5.56 Å². The first-order chi connectivity index (χ1) is 9.36. The number of halogens is 1. The highest BCUT2D eigenvalue weighted by atomic mass is 19.1. The largest absolute Gasteiger partial charge is 0.335 e. The highest BCUT2D eigenvalue weighted by Gasteiger charge is 2.14. The van der Waals surface area contributed by atoms with Gasteiger partial charge in [-0.15, -0.1) is 0 Å². The van der Waals surface area contributed by atoms with Crippen LogP contribution in [-0.2, 0) is 7.05 Å². The van der Waals surface area contributed by atoms with Crippen molar-refractivity contribution in [1.82, 2.24) is 9.13 Å². The molecule has 2 aromatic rings. The van der Waals surface area contributed by atoms with Crippen LogP contribution in [-0.4, -0.2) is 9.13 Å². The molecule has 0 N–H and O–H groups in total. The zero-order chi connectivity index (χ0) is 15.0. The zero-order valence-corrected chi connectivity index (χ0v) is 11.3. The molecular weight excluding hydrogens is 261 g/mol. The van der Waals surface area contributed by atoms with Gasteiger partial charge in [0.05, 0.1) is 17.3 Å². The smallest absolute Gasteiger partial charge is 0.301 e. The van der Waals surface area contributed by atoms with Crippen molar-refractivity contribution in [2.75, 3.05) is 0 Å². The summed E-state index contributed by atoms with van der Waals surface area (Å²) in [6.07, 6.45) is 0. The fraction of sp³-hybridized carbons (Fsp3) is 0.214. The molecule has 0 spiro atoms. The molecule has 0 saturated heterocycles. The van der Waals surface area contributed by atoms with Gasteiger partial charge in [-0.05, 0) is 31.5 Å². The van der Waals surface area contributed by atoms with Crippen LogP contribution in [0.3, 0.4) is 0 Å². The topological polar surface area (TPSA) is 67.8 Å². The Morgan fingerprint density at radius 2 is 1.85 bits per heavy atom. The maximum atomic E-state index is 14.0. The third kappa shape index (κ3) is 2.03. The summed E-state index contributed by atoms with van der Waals surface area (Å²) in [6.45, 7) is 3.23. The van der Waals surface area contributed by atoms with Crippen LogP contribution < -0.4 is 11.2 Å². The number of benzene rings is 1. The molecule has 0 fully saturated rings. The summed E-state index contributed by atoms with van der Waals surface area (Å²) in [7, 11) is 1.50. The quantitative estimate of drug-likeness (QED) is 0.783. The van der Waals surface area contributed by atoms with E-state index in [1.54, 1.807) is 13.8 Å². The Morgan fingerprint density at radius 1 is 1.20 bits per heavy atom. The van der Waals surface area contributed by atoms with Crippen LogP contribution in [0.15, 0.2) is 27.8 Å². The molecule has 0 amide bonds. The van der Waals surface area contributed by atoms with Crippen molar-refractivity contribution < 1.29 is 4.39 Å². The van der Waals surface area contributed by atoms with E-state index in [0.717, 1.165) is 10.6 Å². The van der Waals surface area contributed by atoms with E-state index in [4.69, 9.17) is 5.26 Å². The van der Waals surface area contributed by atoms with Crippen LogP contribution in [0.4, 0.5) is 4.39 Å². The SMILES string of the molecule is Cc1cc(-n2c(=O)cc(C)n(C)c2=O)c(F)cc1C#N. The number of aryl methyl sites for hydroxylation is 2. The number of rotatable bonds is 1. The summed E-state index contributed by atoms with van der Waals surface area (Å²) in [6, 6.07) is 5.46. The van der Waals surface area contributed by atoms with Gasteiger partial charge in [0.1, 0.15) is 5.82 Å². The van der Waals surface area contributed by atoms with Gasteiger partial charge < -0.3 is 4.57 Å². The summed E-state index contributed by atoms with van der Waals surface area (Å²) in [5, 5.41) is 8.84. The van der Waals surface area contributed by atoms with Crippen molar-refractivity contribution in [3.05, 3.63) is 61.7 Å². The normalized spacial score (nSPS) is 10.3. The molecule has 1 aromatic heterocycles. The lowest BCUT2D eigenvalue weighted by atomic mass is 10.1. The highest BCUT2D eigenvalue weighted by molar-refractivity contribution is 5.46. The molecule has 102 valence electrons. The molecule has 6 heteroatoms. The maximum absolute atomic E-state index is 14.0. The Hall–Kier alpha value is -2.68. The van der Waals surface area contributed by atoms with Crippen LogP contribution in [0.5, 0.6) is 0 Å². The van der Waals surface area contributed by atoms with E-state index in [9.17, 15) is 14.0 Å². The van der Waals surface area contributed by atoms with Crippen LogP contribution in [0.2, 0.25) is 0 Å². The number of nitrogens with zero attached hydrogens (tertiary/aromatic N) is 3. The van der Waals surface area contributed by atoms with Gasteiger partial charge in [0.15, 0.2) is 0 Å². The monoisotopic (exact) mass is 273 g/mol. The Balaban J connectivity index is 2.87. The Bertz CT molecular complexity index is 856. The molecule has 0 saturated carbocycles. The average molecular weight is 273 g/mol. The van der Waals surface area contributed by atoms with E-state index in [2.05, 4.69) is 0 Å². The molecule has 0 unspecified atom stereocenters. The summed E-state index contributed by atoms with van der Waals surface area (Å²) < 4.78 is 16.1. The number of nitriles is 1. The van der Waals surface area contributed by atoms with Crippen LogP contribution in [0, 0.1) is 31.0 Å². The highest BCUT2D eigenvalue weighted by Crippen LogP contribution is 2.16. The Morgan fingerprint density at radius 3 is 2.45 bits per heavy atom. The second-order valence-corrected chi connectivity index (χ2v) is 4.53. The molecule has 0 bridgehead atoms. The maximum Gasteiger partial charge on any atom is 0.335 e. The molecule has 0 radical (unpaired) electrons. The molecular formula is C14H12FN3O2. The van der Waals surface area contributed by atoms with E-state index in [1.807, 2.05) is 6.07 Å². The van der Waals surface area contributed by atoms with Gasteiger partial charge in [-0.25, -0.2) is 13.8 Å². The Kier molecular flexibility index (Phi) is 3.28. The van der Waals surface area contributed by atoms with Gasteiger partial charge in [-0.2, -0.15) is 5.26 Å². The zero-order valence-electron chi connectivity index (χ0n) is 11.3. The summed E-state index contributed by atoms with van der Waals surface area (Å²) in [5.41, 5.74) is -0.220.